The topological polar surface area (TPSA) is 135 Å². The van der Waals surface area contributed by atoms with E-state index < -0.39 is 11.9 Å². The smallest absolute Gasteiger partial charge is 0.333 e. The Morgan fingerprint density at radius 3 is 1.33 bits per heavy atom. The molecule has 0 spiro atoms. The maximum Gasteiger partial charge on any atom is 0.333 e. The second kappa shape index (κ2) is 16.3. The van der Waals surface area contributed by atoms with Gasteiger partial charge in [-0.1, -0.05) is 37.4 Å². The predicted octanol–water partition coefficient (Wildman–Crippen LogP) is 4.54. The summed E-state index contributed by atoms with van der Waals surface area (Å²) >= 11 is 0. The molecule has 0 heterocycles. The van der Waals surface area contributed by atoms with Crippen LogP contribution in [0, 0.1) is 0 Å². The SMILES string of the molecule is C=C(C)C(=O)OCCCNC(=O)Nc1ccc(Cc2ccc(NC(=O)NCCCOC(=O)C(=C)C)cc2)cc1. The van der Waals surface area contributed by atoms with Gasteiger partial charge in [-0.05, 0) is 68.5 Å². The van der Waals surface area contributed by atoms with Crippen molar-refractivity contribution in [3.63, 3.8) is 0 Å². The molecule has 0 bridgehead atoms. The van der Waals surface area contributed by atoms with Gasteiger partial charge in [0.2, 0.25) is 0 Å². The van der Waals surface area contributed by atoms with E-state index in [0.717, 1.165) is 11.1 Å². The number of ether oxygens (including phenoxy) is 2. The third-order valence-corrected chi connectivity index (χ3v) is 5.21. The van der Waals surface area contributed by atoms with Gasteiger partial charge < -0.3 is 30.7 Å². The average molecular weight is 537 g/mol. The lowest BCUT2D eigenvalue weighted by atomic mass is 10.0. The van der Waals surface area contributed by atoms with Gasteiger partial charge in [-0.25, -0.2) is 19.2 Å². The number of hydrogen-bond donors (Lipinski definition) is 4. The molecule has 2 rings (SSSR count). The summed E-state index contributed by atoms with van der Waals surface area (Å²) in [5.74, 6) is -0.882. The lowest BCUT2D eigenvalue weighted by Crippen LogP contribution is -2.30. The van der Waals surface area contributed by atoms with Crippen LogP contribution in [-0.4, -0.2) is 50.3 Å². The van der Waals surface area contributed by atoms with Gasteiger partial charge in [0.1, 0.15) is 0 Å². The van der Waals surface area contributed by atoms with Crippen LogP contribution in [0.3, 0.4) is 0 Å². The summed E-state index contributed by atoms with van der Waals surface area (Å²) < 4.78 is 9.95. The van der Waals surface area contributed by atoms with Crippen molar-refractivity contribution < 1.29 is 28.7 Å². The highest BCUT2D eigenvalue weighted by atomic mass is 16.5. The summed E-state index contributed by atoms with van der Waals surface area (Å²) in [5, 5.41) is 11.0. The normalized spacial score (nSPS) is 10.1. The average Bonchev–Trinajstić information content (AvgIpc) is 2.90. The third-order valence-electron chi connectivity index (χ3n) is 5.21. The van der Waals surface area contributed by atoms with Gasteiger partial charge in [0, 0.05) is 35.6 Å². The van der Waals surface area contributed by atoms with Crippen LogP contribution in [0.1, 0.15) is 37.8 Å². The largest absolute Gasteiger partial charge is 0.462 e. The van der Waals surface area contributed by atoms with Gasteiger partial charge in [-0.2, -0.15) is 0 Å². The van der Waals surface area contributed by atoms with E-state index in [9.17, 15) is 19.2 Å². The Hall–Kier alpha value is -4.60. The van der Waals surface area contributed by atoms with Gasteiger partial charge in [-0.15, -0.1) is 0 Å². The molecular formula is C29H36N4O6. The van der Waals surface area contributed by atoms with Crippen LogP contribution in [0.15, 0.2) is 72.8 Å². The standard InChI is InChI=1S/C29H36N4O6/c1-20(2)26(34)38-17-5-15-30-28(36)32-24-11-7-22(8-12-24)19-23-9-13-25(14-10-23)33-29(37)31-16-6-18-39-27(35)21(3)4/h7-14H,1,3,5-6,15-19H2,2,4H3,(H2,30,32,36)(H2,31,33,37). The summed E-state index contributed by atoms with van der Waals surface area (Å²) in [7, 11) is 0. The van der Waals surface area contributed by atoms with E-state index in [2.05, 4.69) is 34.4 Å². The van der Waals surface area contributed by atoms with E-state index in [1.807, 2.05) is 48.5 Å². The molecule has 0 saturated heterocycles. The fourth-order valence-electron chi connectivity index (χ4n) is 3.12. The van der Waals surface area contributed by atoms with Crippen molar-refractivity contribution in [3.8, 4) is 0 Å². The van der Waals surface area contributed by atoms with Crippen molar-refractivity contribution in [1.82, 2.24) is 10.6 Å². The molecule has 4 amide bonds. The minimum absolute atomic E-state index is 0.210. The van der Waals surface area contributed by atoms with Crippen molar-refractivity contribution in [2.24, 2.45) is 0 Å². The molecule has 39 heavy (non-hydrogen) atoms. The minimum atomic E-state index is -0.441. The monoisotopic (exact) mass is 536 g/mol. The van der Waals surface area contributed by atoms with Crippen LogP contribution >= 0.6 is 0 Å². The highest BCUT2D eigenvalue weighted by Gasteiger charge is 2.06. The quantitative estimate of drug-likeness (QED) is 0.159. The lowest BCUT2D eigenvalue weighted by molar-refractivity contribution is -0.139. The molecule has 0 fully saturated rings. The van der Waals surface area contributed by atoms with E-state index in [1.165, 1.54) is 0 Å². The number of carbonyl (C=O) groups excluding carboxylic acids is 4. The number of rotatable bonds is 14. The number of amides is 4. The maximum absolute atomic E-state index is 12.0. The van der Waals surface area contributed by atoms with Crippen LogP contribution in [0.5, 0.6) is 0 Å². The zero-order chi connectivity index (χ0) is 28.6. The fourth-order valence-corrected chi connectivity index (χ4v) is 3.12. The zero-order valence-electron chi connectivity index (χ0n) is 22.4. The van der Waals surface area contributed by atoms with Crippen molar-refractivity contribution >= 4 is 35.4 Å². The first-order valence-electron chi connectivity index (χ1n) is 12.6. The van der Waals surface area contributed by atoms with Gasteiger partial charge >= 0.3 is 24.0 Å². The van der Waals surface area contributed by atoms with Crippen LogP contribution in [-0.2, 0) is 25.5 Å². The molecule has 0 aliphatic carbocycles. The first-order valence-corrected chi connectivity index (χ1v) is 12.6. The molecule has 10 heteroatoms. The molecule has 0 aliphatic heterocycles. The molecule has 208 valence electrons. The maximum atomic E-state index is 12.0. The summed E-state index contributed by atoms with van der Waals surface area (Å²) in [5.41, 5.74) is 4.12. The Kier molecular flexibility index (Phi) is 12.8. The van der Waals surface area contributed by atoms with E-state index in [4.69, 9.17) is 9.47 Å². The minimum Gasteiger partial charge on any atom is -0.462 e. The second-order valence-electron chi connectivity index (χ2n) is 8.87. The molecule has 2 aromatic rings. The first kappa shape index (κ1) is 30.6. The molecule has 4 N–H and O–H groups in total. The number of carbonyl (C=O) groups is 4. The molecule has 0 radical (unpaired) electrons. The predicted molar refractivity (Wildman–Crippen MR) is 151 cm³/mol. The molecule has 0 saturated carbocycles. The molecule has 0 unspecified atom stereocenters. The number of benzene rings is 2. The molecule has 0 atom stereocenters. The van der Waals surface area contributed by atoms with Crippen LogP contribution in [0.4, 0.5) is 21.0 Å². The molecule has 10 nitrogen and oxygen atoms in total. The van der Waals surface area contributed by atoms with Crippen LogP contribution in [0.2, 0.25) is 0 Å². The number of nitrogens with one attached hydrogen (secondary N) is 4. The lowest BCUT2D eigenvalue weighted by Gasteiger charge is -2.10. The van der Waals surface area contributed by atoms with Gasteiger partial charge in [0.25, 0.3) is 0 Å². The summed E-state index contributed by atoms with van der Waals surface area (Å²) in [6.45, 7) is 11.3. The van der Waals surface area contributed by atoms with Crippen LogP contribution in [0.25, 0.3) is 0 Å². The third kappa shape index (κ3) is 12.5. The van der Waals surface area contributed by atoms with Gasteiger partial charge in [0.05, 0.1) is 13.2 Å². The van der Waals surface area contributed by atoms with E-state index >= 15 is 0 Å². The highest BCUT2D eigenvalue weighted by Crippen LogP contribution is 2.16. The Balaban J connectivity index is 1.67. The Labute approximate surface area is 228 Å². The Bertz CT molecular complexity index is 1070. The first-order chi connectivity index (χ1) is 18.6. The number of urea groups is 2. The summed E-state index contributed by atoms with van der Waals surface area (Å²) in [6.07, 6.45) is 1.68. The zero-order valence-corrected chi connectivity index (χ0v) is 22.4. The van der Waals surface area contributed by atoms with Crippen molar-refractivity contribution in [3.05, 3.63) is 84.0 Å². The molecular weight excluding hydrogens is 500 g/mol. The molecule has 0 aromatic heterocycles. The Morgan fingerprint density at radius 2 is 1.00 bits per heavy atom. The van der Waals surface area contributed by atoms with Crippen molar-refractivity contribution in [2.45, 2.75) is 33.1 Å². The van der Waals surface area contributed by atoms with Gasteiger partial charge in [0.15, 0.2) is 0 Å². The second-order valence-corrected chi connectivity index (χ2v) is 8.87. The molecule has 0 aliphatic rings. The number of esters is 2. The molecule has 2 aromatic carbocycles. The van der Waals surface area contributed by atoms with E-state index in [0.29, 0.717) is 54.9 Å². The fraction of sp³-hybridized carbons (Fsp3) is 0.310. The summed E-state index contributed by atoms with van der Waals surface area (Å²) in [6, 6.07) is 14.3. The van der Waals surface area contributed by atoms with Crippen molar-refractivity contribution in [2.75, 3.05) is 36.9 Å². The van der Waals surface area contributed by atoms with Crippen molar-refractivity contribution in [1.29, 1.82) is 0 Å². The number of hydrogen-bond acceptors (Lipinski definition) is 6. The highest BCUT2D eigenvalue weighted by molar-refractivity contribution is 5.90. The van der Waals surface area contributed by atoms with E-state index in [-0.39, 0.29) is 25.3 Å². The van der Waals surface area contributed by atoms with E-state index in [1.54, 1.807) is 13.8 Å². The Morgan fingerprint density at radius 1 is 0.641 bits per heavy atom. The van der Waals surface area contributed by atoms with Crippen LogP contribution < -0.4 is 21.3 Å². The number of anilines is 2. The van der Waals surface area contributed by atoms with Gasteiger partial charge in [-0.3, -0.25) is 0 Å². The summed E-state index contributed by atoms with van der Waals surface area (Å²) in [4.78, 5) is 46.7.